The van der Waals surface area contributed by atoms with Gasteiger partial charge in [-0.25, -0.2) is 14.4 Å². The molecule has 7 atom stereocenters. The van der Waals surface area contributed by atoms with Crippen LogP contribution in [-0.2, 0) is 59.1 Å². The number of likely N-dealkylation sites (N-methyl/N-ethyl adjacent to an activating group) is 3. The second-order valence-corrected chi connectivity index (χ2v) is 15.6. The van der Waals surface area contributed by atoms with Crippen molar-refractivity contribution < 1.29 is 77.9 Å². The molecule has 1 aromatic carbocycles. The highest BCUT2D eigenvalue weighted by atomic mass is 32.2. The largest absolute Gasteiger partial charge is 0.481 e. The number of amides is 6. The summed E-state index contributed by atoms with van der Waals surface area (Å²) in [5, 5.41) is 49.5. The Balaban J connectivity index is 3.01. The van der Waals surface area contributed by atoms with Gasteiger partial charge in [-0.2, -0.15) is 11.8 Å². The van der Waals surface area contributed by atoms with Gasteiger partial charge >= 0.3 is 29.9 Å². The highest BCUT2D eigenvalue weighted by Gasteiger charge is 2.36. The van der Waals surface area contributed by atoms with E-state index < -0.39 is 134 Å². The van der Waals surface area contributed by atoms with Crippen LogP contribution in [0.5, 0.6) is 0 Å². The van der Waals surface area contributed by atoms with Crippen LogP contribution in [-0.4, -0.2) is 172 Å². The Kier molecular flexibility index (Phi) is 25.4. The van der Waals surface area contributed by atoms with Gasteiger partial charge in [-0.3, -0.25) is 38.4 Å². The molecule has 0 aliphatic heterocycles. The maximum Gasteiger partial charge on any atom is 0.326 e. The minimum absolute atomic E-state index is 0.0466. The first-order valence-electron chi connectivity index (χ1n) is 20.0. The average Bonchev–Trinajstić information content (AvgIpc) is 3.23. The van der Waals surface area contributed by atoms with E-state index in [1.807, 2.05) is 11.6 Å². The van der Waals surface area contributed by atoms with Crippen molar-refractivity contribution in [3.63, 3.8) is 0 Å². The molecule has 0 saturated heterocycles. The van der Waals surface area contributed by atoms with Crippen LogP contribution < -0.4 is 26.6 Å². The zero-order valence-corrected chi connectivity index (χ0v) is 37.1. The minimum Gasteiger partial charge on any atom is -0.481 e. The summed E-state index contributed by atoms with van der Waals surface area (Å²) in [6, 6.07) is 1.45. The van der Waals surface area contributed by atoms with Crippen LogP contribution in [0.3, 0.4) is 0 Å². The number of carbonyl (C=O) groups excluding carboxylic acids is 7. The van der Waals surface area contributed by atoms with E-state index in [-0.39, 0.29) is 38.3 Å². The molecule has 24 heteroatoms. The Bertz CT molecular complexity index is 1790. The van der Waals surface area contributed by atoms with Crippen molar-refractivity contribution in [2.75, 3.05) is 39.7 Å². The summed E-state index contributed by atoms with van der Waals surface area (Å²) in [5.74, 6) is -9.49. The summed E-state index contributed by atoms with van der Waals surface area (Å²) in [7, 11) is 4.25. The smallest absolute Gasteiger partial charge is 0.326 e. The first kappa shape index (κ1) is 55.7. The molecular weight excluding hydrogens is 867 g/mol. The fraction of sp³-hybridized carbons (Fsp3) is 0.575. The zero-order valence-electron chi connectivity index (χ0n) is 36.3. The fourth-order valence-electron chi connectivity index (χ4n) is 6.16. The SMILES string of the molecule is CN[C@@H](CNC(=O)[C@@H](CC(=O)CC[C@H](NC(=O)CC[C@H](NC(=O)N[C@@H](CCC(=O)O)OC=O)C(=O)O)C(=O)O)Cc1ccccc1)C(=O)N(C)C(CC(=O)O)C(=O)N(C)C(C)CSC. The van der Waals surface area contributed by atoms with Gasteiger partial charge in [0.1, 0.15) is 30.0 Å². The van der Waals surface area contributed by atoms with Gasteiger partial charge < -0.3 is 61.5 Å². The molecule has 0 aliphatic rings. The number of thioether (sulfide) groups is 1. The average molecular weight is 926 g/mol. The highest BCUT2D eigenvalue weighted by Crippen LogP contribution is 2.17. The lowest BCUT2D eigenvalue weighted by Crippen LogP contribution is -2.57. The van der Waals surface area contributed by atoms with Crippen molar-refractivity contribution in [1.29, 1.82) is 0 Å². The molecule has 356 valence electrons. The quantitative estimate of drug-likeness (QED) is 0.0318. The van der Waals surface area contributed by atoms with E-state index in [1.165, 1.54) is 37.8 Å². The molecule has 1 aromatic rings. The second kappa shape index (κ2) is 29.1. The molecule has 0 bridgehead atoms. The molecule has 6 amide bonds. The number of ether oxygens (including phenoxy) is 1. The minimum atomic E-state index is -1.69. The number of aliphatic carboxylic acids is 4. The van der Waals surface area contributed by atoms with Crippen molar-refractivity contribution in [1.82, 2.24) is 36.4 Å². The van der Waals surface area contributed by atoms with E-state index in [4.69, 9.17) is 5.11 Å². The Morgan fingerprint density at radius 1 is 0.750 bits per heavy atom. The maximum atomic E-state index is 13.7. The van der Waals surface area contributed by atoms with Gasteiger partial charge in [0.15, 0.2) is 6.23 Å². The van der Waals surface area contributed by atoms with Crippen LogP contribution in [0.2, 0.25) is 0 Å². The summed E-state index contributed by atoms with van der Waals surface area (Å²) < 4.78 is 4.58. The number of Topliss-reactive ketones (excluding diaryl/α,β-unsaturated/α-hetero) is 1. The molecule has 9 N–H and O–H groups in total. The van der Waals surface area contributed by atoms with Crippen molar-refractivity contribution >= 4 is 77.6 Å². The normalized spacial score (nSPS) is 14.1. The number of hydrogen-bond acceptors (Lipinski definition) is 14. The van der Waals surface area contributed by atoms with Crippen molar-refractivity contribution in [2.45, 2.75) is 101 Å². The van der Waals surface area contributed by atoms with Crippen LogP contribution in [0.4, 0.5) is 4.79 Å². The predicted octanol–water partition coefficient (Wildman–Crippen LogP) is -0.734. The molecule has 0 aliphatic carbocycles. The lowest BCUT2D eigenvalue weighted by Gasteiger charge is -2.34. The highest BCUT2D eigenvalue weighted by molar-refractivity contribution is 7.98. The van der Waals surface area contributed by atoms with Crippen molar-refractivity contribution in [2.24, 2.45) is 5.92 Å². The Morgan fingerprint density at radius 3 is 1.91 bits per heavy atom. The van der Waals surface area contributed by atoms with E-state index in [1.54, 1.807) is 37.3 Å². The van der Waals surface area contributed by atoms with Gasteiger partial charge in [0.25, 0.3) is 6.47 Å². The van der Waals surface area contributed by atoms with Crippen LogP contribution in [0, 0.1) is 5.92 Å². The van der Waals surface area contributed by atoms with E-state index in [0.717, 1.165) is 4.90 Å². The van der Waals surface area contributed by atoms with E-state index >= 15 is 0 Å². The summed E-state index contributed by atoms with van der Waals surface area (Å²) in [6.07, 6.45) is -3.32. The topological polar surface area (TPSA) is 345 Å². The summed E-state index contributed by atoms with van der Waals surface area (Å²) in [5.41, 5.74) is 0.681. The third-order valence-corrected chi connectivity index (χ3v) is 10.7. The first-order chi connectivity index (χ1) is 30.1. The molecule has 0 saturated carbocycles. The van der Waals surface area contributed by atoms with Crippen molar-refractivity contribution in [3.8, 4) is 0 Å². The molecule has 1 rings (SSSR count). The molecule has 2 unspecified atom stereocenters. The zero-order chi connectivity index (χ0) is 48.5. The lowest BCUT2D eigenvalue weighted by molar-refractivity contribution is -0.150. The van der Waals surface area contributed by atoms with Gasteiger partial charge in [-0.05, 0) is 45.1 Å². The Hall–Kier alpha value is -6.30. The molecule has 0 aromatic heterocycles. The number of nitrogens with zero attached hydrogens (tertiary/aromatic N) is 2. The number of ketones is 1. The predicted molar refractivity (Wildman–Crippen MR) is 227 cm³/mol. The van der Waals surface area contributed by atoms with Gasteiger partial charge in [0.2, 0.25) is 23.6 Å². The summed E-state index contributed by atoms with van der Waals surface area (Å²) >= 11 is 1.49. The van der Waals surface area contributed by atoms with E-state index in [9.17, 15) is 68.1 Å². The van der Waals surface area contributed by atoms with Gasteiger partial charge in [0, 0.05) is 64.0 Å². The summed E-state index contributed by atoms with van der Waals surface area (Å²) in [4.78, 5) is 138. The molecule has 23 nitrogen and oxygen atoms in total. The van der Waals surface area contributed by atoms with Crippen LogP contribution >= 0.6 is 11.8 Å². The molecule has 0 spiro atoms. The number of hydrogen-bond donors (Lipinski definition) is 9. The van der Waals surface area contributed by atoms with Crippen LogP contribution in [0.15, 0.2) is 30.3 Å². The van der Waals surface area contributed by atoms with Gasteiger partial charge in [-0.15, -0.1) is 0 Å². The number of carboxylic acid groups (broad SMARTS) is 4. The van der Waals surface area contributed by atoms with E-state index in [2.05, 4.69) is 26.0 Å². The monoisotopic (exact) mass is 925 g/mol. The number of nitrogens with one attached hydrogen (secondary N) is 5. The standard InChI is InChI=1S/C40H59N7O16S/c1-23(21-64-5)46(3)37(57)30(19-34(53)54)47(4)36(56)29(41-2)20-42-35(55)25(17-24-9-7-6-8-10-24)18-26(49)11-12-27(38(58)59)43-31(50)14-13-28(39(60)61)44-40(62)45-32(63-22-48)15-16-33(51)52/h6-10,22-23,25,27-30,32,41H,11-21H2,1-5H3,(H,42,55)(H,43,50)(H,51,52)(H,53,54)(H,58,59)(H,60,61)(H2,44,45,62)/t23?,25-,27+,28+,29+,30?,32-/m1/s1. The van der Waals surface area contributed by atoms with Crippen LogP contribution in [0.25, 0.3) is 0 Å². The van der Waals surface area contributed by atoms with Crippen molar-refractivity contribution in [3.05, 3.63) is 35.9 Å². The van der Waals surface area contributed by atoms with Crippen LogP contribution in [0.1, 0.15) is 63.9 Å². The summed E-state index contributed by atoms with van der Waals surface area (Å²) in [6.45, 7) is 1.42. The number of rotatable bonds is 32. The third kappa shape index (κ3) is 20.7. The van der Waals surface area contributed by atoms with E-state index in [0.29, 0.717) is 11.3 Å². The third-order valence-electron chi connectivity index (χ3n) is 9.92. The maximum absolute atomic E-state index is 13.7. The lowest BCUT2D eigenvalue weighted by atomic mass is 9.91. The number of carbonyl (C=O) groups is 11. The molecule has 0 heterocycles. The number of urea groups is 1. The number of benzene rings is 1. The Labute approximate surface area is 373 Å². The van der Waals surface area contributed by atoms with Gasteiger partial charge in [0.05, 0.1) is 12.8 Å². The van der Waals surface area contributed by atoms with Gasteiger partial charge in [-0.1, -0.05) is 30.3 Å². The first-order valence-corrected chi connectivity index (χ1v) is 21.4. The molecule has 0 radical (unpaired) electrons. The fourth-order valence-corrected chi connectivity index (χ4v) is 6.86. The second-order valence-electron chi connectivity index (χ2n) is 14.7. The number of carboxylic acids is 4. The molecule has 0 fully saturated rings. The molecular formula is C40H59N7O16S. The molecule has 64 heavy (non-hydrogen) atoms. The Morgan fingerprint density at radius 2 is 1.36 bits per heavy atom.